The zero-order valence-corrected chi connectivity index (χ0v) is 24.4. The highest BCUT2D eigenvalue weighted by molar-refractivity contribution is 7.84. The molecule has 1 N–H and O–H groups in total. The van der Waals surface area contributed by atoms with E-state index in [9.17, 15) is 18.3 Å². The molecule has 4 heterocycles. The number of aromatic nitrogens is 3. The number of carboxylic acid groups (broad SMARTS) is 1. The molecule has 3 aliphatic rings. The molecule has 0 spiro atoms. The number of aliphatic carboxylic acids is 1. The summed E-state index contributed by atoms with van der Waals surface area (Å²) in [6, 6.07) is 13.7. The molecule has 0 fully saturated rings. The summed E-state index contributed by atoms with van der Waals surface area (Å²) in [6.45, 7) is 4.91. The van der Waals surface area contributed by atoms with Crippen LogP contribution in [0, 0.1) is 6.92 Å². The van der Waals surface area contributed by atoms with Crippen LogP contribution in [0.3, 0.4) is 0 Å². The van der Waals surface area contributed by atoms with Gasteiger partial charge in [-0.2, -0.15) is 12.7 Å². The van der Waals surface area contributed by atoms with E-state index in [-0.39, 0.29) is 18.7 Å². The molecule has 0 amide bonds. The van der Waals surface area contributed by atoms with Crippen molar-refractivity contribution < 1.29 is 32.0 Å². The van der Waals surface area contributed by atoms with Crippen molar-refractivity contribution in [3.63, 3.8) is 0 Å². The number of carboxylic acids is 1. The average molecular weight is 593 g/mol. The number of methoxy groups -OCH3 is 1. The van der Waals surface area contributed by atoms with Crippen molar-refractivity contribution in [2.45, 2.75) is 58.2 Å². The van der Waals surface area contributed by atoms with Gasteiger partial charge < -0.3 is 18.8 Å². The molecule has 1 aromatic heterocycles. The third kappa shape index (κ3) is 5.05. The smallest absolute Gasteiger partial charge is 0.386 e. The van der Waals surface area contributed by atoms with E-state index in [4.69, 9.17) is 13.7 Å². The Morgan fingerprint density at radius 2 is 1.95 bits per heavy atom. The van der Waals surface area contributed by atoms with Crippen LogP contribution in [-0.2, 0) is 28.2 Å². The molecule has 3 aromatic carbocycles. The van der Waals surface area contributed by atoms with Crippen molar-refractivity contribution in [2.75, 3.05) is 13.7 Å². The van der Waals surface area contributed by atoms with Gasteiger partial charge in [-0.3, -0.25) is 4.79 Å². The fourth-order valence-electron chi connectivity index (χ4n) is 5.90. The largest absolute Gasteiger partial charge is 0.496 e. The Kier molecular flexibility index (Phi) is 7.27. The molecule has 7 rings (SSSR count). The van der Waals surface area contributed by atoms with E-state index >= 15 is 0 Å². The van der Waals surface area contributed by atoms with Gasteiger partial charge in [-0.15, -0.1) is 5.10 Å². The summed E-state index contributed by atoms with van der Waals surface area (Å²) >= 11 is 0. The standard InChI is InChI=1S/C30H32N4O7S/c1-18-23-8-9-26-30(18)31-32-33(26)12-4-5-13-40-22-7-11-27-21(14-22)17-34(42(37,38)41-27)19(2)24-15-20(6-10-28(24)39-3)25(23)16-29(35)36/h6-11,14-15,19,25H,4-5,12-13,16-17H2,1-3H3,(H,35,36)/t19-,25-/m1/s1. The Balaban J connectivity index is 1.52. The number of nitrogens with zero attached hydrogens (tertiary/aromatic N) is 4. The first-order valence-electron chi connectivity index (χ1n) is 13.9. The predicted octanol–water partition coefficient (Wildman–Crippen LogP) is 4.73. The number of fused-ring (bicyclic) bond motifs is 5. The van der Waals surface area contributed by atoms with E-state index in [1.54, 1.807) is 25.1 Å². The summed E-state index contributed by atoms with van der Waals surface area (Å²) in [5.74, 6) is -0.0949. The number of benzene rings is 3. The fraction of sp³-hybridized carbons (Fsp3) is 0.367. The van der Waals surface area contributed by atoms with Gasteiger partial charge in [-0.05, 0) is 79.8 Å². The van der Waals surface area contributed by atoms with Crippen molar-refractivity contribution in [1.29, 1.82) is 0 Å². The minimum atomic E-state index is -4.14. The molecule has 0 radical (unpaired) electrons. The van der Waals surface area contributed by atoms with Crippen LogP contribution < -0.4 is 13.7 Å². The Morgan fingerprint density at radius 1 is 1.12 bits per heavy atom. The van der Waals surface area contributed by atoms with Crippen LogP contribution in [-0.4, -0.2) is 52.5 Å². The van der Waals surface area contributed by atoms with E-state index in [1.165, 1.54) is 11.4 Å². The number of hydrogen-bond acceptors (Lipinski definition) is 8. The lowest BCUT2D eigenvalue weighted by molar-refractivity contribution is -0.137. The Morgan fingerprint density at radius 3 is 2.74 bits per heavy atom. The van der Waals surface area contributed by atoms with Crippen LogP contribution in [0.15, 0.2) is 48.5 Å². The van der Waals surface area contributed by atoms with Crippen LogP contribution in [0.2, 0.25) is 0 Å². The minimum Gasteiger partial charge on any atom is -0.496 e. The molecule has 220 valence electrons. The third-order valence-electron chi connectivity index (χ3n) is 8.15. The zero-order valence-electron chi connectivity index (χ0n) is 23.6. The number of rotatable bonds is 3. The normalized spacial score (nSPS) is 21.5. The number of carbonyl (C=O) groups is 1. The van der Waals surface area contributed by atoms with Gasteiger partial charge in [0.05, 0.1) is 31.7 Å². The molecule has 12 heteroatoms. The maximum atomic E-state index is 13.3. The van der Waals surface area contributed by atoms with Gasteiger partial charge >= 0.3 is 16.3 Å². The molecule has 4 aromatic rings. The van der Waals surface area contributed by atoms with E-state index in [0.29, 0.717) is 35.8 Å². The number of hydrogen-bond donors (Lipinski definition) is 1. The van der Waals surface area contributed by atoms with Crippen molar-refractivity contribution in [1.82, 2.24) is 19.3 Å². The van der Waals surface area contributed by atoms with Crippen LogP contribution in [0.1, 0.15) is 66.0 Å². The first-order valence-corrected chi connectivity index (χ1v) is 15.2. The van der Waals surface area contributed by atoms with E-state index in [0.717, 1.165) is 40.6 Å². The minimum absolute atomic E-state index is 0.0733. The van der Waals surface area contributed by atoms with Gasteiger partial charge in [0.15, 0.2) is 0 Å². The van der Waals surface area contributed by atoms with E-state index in [2.05, 4.69) is 10.3 Å². The van der Waals surface area contributed by atoms with Crippen LogP contribution in [0.25, 0.3) is 11.0 Å². The first kappa shape index (κ1) is 28.0. The molecule has 9 bridgehead atoms. The molecule has 42 heavy (non-hydrogen) atoms. The van der Waals surface area contributed by atoms with Gasteiger partial charge in [-0.1, -0.05) is 17.3 Å². The van der Waals surface area contributed by atoms with Crippen LogP contribution in [0.5, 0.6) is 17.2 Å². The number of aryl methyl sites for hydroxylation is 2. The first-order chi connectivity index (χ1) is 20.2. The molecule has 0 aliphatic carbocycles. The molecule has 11 nitrogen and oxygen atoms in total. The predicted molar refractivity (Wildman–Crippen MR) is 154 cm³/mol. The molecular formula is C30H32N4O7S. The second-order valence-corrected chi connectivity index (χ2v) is 12.2. The Hall–Kier alpha value is -4.16. The number of ether oxygens (including phenoxy) is 2. The quantitative estimate of drug-likeness (QED) is 0.358. The SMILES string of the molecule is COc1ccc2cc1[C@@H](C)N1Cc3cc(ccc3OS1(=O)=O)OCCCCn1nnc3c(C)c(ccc31)[C@@H]2CC(=O)O. The van der Waals surface area contributed by atoms with Crippen molar-refractivity contribution in [3.8, 4) is 17.2 Å². The van der Waals surface area contributed by atoms with Gasteiger partial charge in [0.2, 0.25) is 0 Å². The third-order valence-corrected chi connectivity index (χ3v) is 9.56. The lowest BCUT2D eigenvalue weighted by atomic mass is 9.84. The van der Waals surface area contributed by atoms with Gasteiger partial charge in [0.25, 0.3) is 0 Å². The summed E-state index contributed by atoms with van der Waals surface area (Å²) < 4.78 is 47.0. The topological polar surface area (TPSA) is 133 Å². The Bertz CT molecular complexity index is 1790. The molecule has 0 saturated carbocycles. The van der Waals surface area contributed by atoms with Crippen molar-refractivity contribution >= 4 is 27.3 Å². The maximum Gasteiger partial charge on any atom is 0.386 e. The highest BCUT2D eigenvalue weighted by Gasteiger charge is 2.37. The van der Waals surface area contributed by atoms with Crippen LogP contribution in [0.4, 0.5) is 0 Å². The summed E-state index contributed by atoms with van der Waals surface area (Å²) in [5, 5.41) is 18.7. The summed E-state index contributed by atoms with van der Waals surface area (Å²) in [4.78, 5) is 12.1. The summed E-state index contributed by atoms with van der Waals surface area (Å²) in [5.41, 5.74) is 5.27. The molecule has 1 unspecified atom stereocenters. The van der Waals surface area contributed by atoms with Gasteiger partial charge in [-0.25, -0.2) is 4.68 Å². The lowest BCUT2D eigenvalue weighted by Gasteiger charge is -2.33. The highest BCUT2D eigenvalue weighted by Crippen LogP contribution is 2.41. The van der Waals surface area contributed by atoms with E-state index < -0.39 is 28.2 Å². The maximum absolute atomic E-state index is 13.3. The van der Waals surface area contributed by atoms with Gasteiger partial charge in [0, 0.05) is 30.1 Å². The summed E-state index contributed by atoms with van der Waals surface area (Å²) in [6.07, 6.45) is 1.42. The molecular weight excluding hydrogens is 560 g/mol. The average Bonchev–Trinajstić information content (AvgIpc) is 3.38. The van der Waals surface area contributed by atoms with E-state index in [1.807, 2.05) is 41.9 Å². The van der Waals surface area contributed by atoms with Gasteiger partial charge in [0.1, 0.15) is 22.8 Å². The molecule has 3 atom stereocenters. The Labute approximate surface area is 243 Å². The monoisotopic (exact) mass is 592 g/mol. The fourth-order valence-corrected chi connectivity index (χ4v) is 7.18. The second-order valence-electron chi connectivity index (χ2n) is 10.7. The van der Waals surface area contributed by atoms with Crippen molar-refractivity contribution in [3.05, 3.63) is 76.3 Å². The van der Waals surface area contributed by atoms with Crippen LogP contribution >= 0.6 is 0 Å². The zero-order chi connectivity index (χ0) is 29.6. The highest BCUT2D eigenvalue weighted by atomic mass is 32.2. The lowest BCUT2D eigenvalue weighted by Crippen LogP contribution is -2.39. The molecule has 0 saturated heterocycles. The summed E-state index contributed by atoms with van der Waals surface area (Å²) in [7, 11) is -2.62. The molecule has 3 aliphatic heterocycles. The second kappa shape index (κ2) is 10.9. The van der Waals surface area contributed by atoms with Crippen molar-refractivity contribution in [2.24, 2.45) is 0 Å².